The minimum atomic E-state index is -0.483. The van der Waals surface area contributed by atoms with Gasteiger partial charge in [-0.15, -0.1) is 0 Å². The fourth-order valence-electron chi connectivity index (χ4n) is 2.58. The molecule has 0 radical (unpaired) electrons. The van der Waals surface area contributed by atoms with Crippen LogP contribution in [-0.4, -0.2) is 42.2 Å². The highest BCUT2D eigenvalue weighted by atomic mass is 19.1. The predicted octanol–water partition coefficient (Wildman–Crippen LogP) is 1.44. The summed E-state index contributed by atoms with van der Waals surface area (Å²) in [7, 11) is 0. The van der Waals surface area contributed by atoms with Crippen molar-refractivity contribution in [2.24, 2.45) is 5.92 Å². The number of halogens is 1. The first kappa shape index (κ1) is 15.7. The Hall–Kier alpha value is -1.66. The van der Waals surface area contributed by atoms with Crippen LogP contribution in [0.1, 0.15) is 19.3 Å². The molecule has 1 atom stereocenters. The molecule has 4 N–H and O–H groups in total. The summed E-state index contributed by atoms with van der Waals surface area (Å²) in [5.41, 5.74) is 6.11. The quantitative estimate of drug-likeness (QED) is 0.694. The van der Waals surface area contributed by atoms with Crippen LogP contribution in [0.4, 0.5) is 15.8 Å². The van der Waals surface area contributed by atoms with Gasteiger partial charge in [0.25, 0.3) is 0 Å². The van der Waals surface area contributed by atoms with Gasteiger partial charge < -0.3 is 21.1 Å². The predicted molar refractivity (Wildman–Crippen MR) is 80.3 cm³/mol. The van der Waals surface area contributed by atoms with Crippen molar-refractivity contribution in [1.29, 1.82) is 0 Å². The SMILES string of the molecule is Nc1ccc(F)c(NC(=O)CCCN2CCC(CO)C2)c1. The standard InChI is InChI=1S/C15H22FN3O2/c16-13-4-3-12(17)8-14(13)18-15(21)2-1-6-19-7-5-11(9-19)10-20/h3-4,8,11,20H,1-2,5-7,9-10,17H2,(H,18,21). The van der Waals surface area contributed by atoms with E-state index in [2.05, 4.69) is 10.2 Å². The van der Waals surface area contributed by atoms with Gasteiger partial charge in [-0.2, -0.15) is 0 Å². The third-order valence-electron chi connectivity index (χ3n) is 3.77. The molecule has 1 saturated heterocycles. The largest absolute Gasteiger partial charge is 0.399 e. The summed E-state index contributed by atoms with van der Waals surface area (Å²) >= 11 is 0. The van der Waals surface area contributed by atoms with Gasteiger partial charge in [-0.3, -0.25) is 4.79 Å². The monoisotopic (exact) mass is 295 g/mol. The summed E-state index contributed by atoms with van der Waals surface area (Å²) in [6, 6.07) is 4.11. The van der Waals surface area contributed by atoms with E-state index in [9.17, 15) is 9.18 Å². The van der Waals surface area contributed by atoms with Crippen molar-refractivity contribution in [3.05, 3.63) is 24.0 Å². The number of benzene rings is 1. The van der Waals surface area contributed by atoms with Gasteiger partial charge >= 0.3 is 0 Å². The molecule has 0 aromatic heterocycles. The molecule has 5 nitrogen and oxygen atoms in total. The third-order valence-corrected chi connectivity index (χ3v) is 3.77. The molecule has 0 bridgehead atoms. The summed E-state index contributed by atoms with van der Waals surface area (Å²) in [6.07, 6.45) is 2.07. The normalized spacial score (nSPS) is 18.9. The van der Waals surface area contributed by atoms with Crippen LogP contribution in [-0.2, 0) is 4.79 Å². The Morgan fingerprint density at radius 1 is 1.52 bits per heavy atom. The number of aliphatic hydroxyl groups is 1. The molecule has 6 heteroatoms. The lowest BCUT2D eigenvalue weighted by Crippen LogP contribution is -2.24. The van der Waals surface area contributed by atoms with E-state index in [0.29, 0.717) is 24.4 Å². The van der Waals surface area contributed by atoms with Crippen molar-refractivity contribution in [3.63, 3.8) is 0 Å². The smallest absolute Gasteiger partial charge is 0.224 e. The number of aliphatic hydroxyl groups excluding tert-OH is 1. The summed E-state index contributed by atoms with van der Waals surface area (Å²) in [4.78, 5) is 14.0. The van der Waals surface area contributed by atoms with E-state index in [1.54, 1.807) is 0 Å². The zero-order valence-corrected chi connectivity index (χ0v) is 12.0. The lowest BCUT2D eigenvalue weighted by Gasteiger charge is -2.15. The van der Waals surface area contributed by atoms with Crippen molar-refractivity contribution in [1.82, 2.24) is 4.90 Å². The molecule has 2 rings (SSSR count). The van der Waals surface area contributed by atoms with Gasteiger partial charge in [0.1, 0.15) is 5.82 Å². The molecule has 116 valence electrons. The molecule has 21 heavy (non-hydrogen) atoms. The molecule has 0 saturated carbocycles. The Kier molecular flexibility index (Phi) is 5.52. The van der Waals surface area contributed by atoms with Gasteiger partial charge in [0.2, 0.25) is 5.91 Å². The van der Waals surface area contributed by atoms with Crippen LogP contribution in [0.5, 0.6) is 0 Å². The Morgan fingerprint density at radius 2 is 2.33 bits per heavy atom. The fraction of sp³-hybridized carbons (Fsp3) is 0.533. The Balaban J connectivity index is 1.71. The summed E-state index contributed by atoms with van der Waals surface area (Å²) in [5, 5.41) is 11.6. The molecule has 1 aliphatic rings. The number of nitrogens with one attached hydrogen (secondary N) is 1. The van der Waals surface area contributed by atoms with Crippen LogP contribution in [0.25, 0.3) is 0 Å². The number of hydrogen-bond donors (Lipinski definition) is 3. The number of nitrogen functional groups attached to an aromatic ring is 1. The summed E-state index contributed by atoms with van der Waals surface area (Å²) in [6.45, 7) is 2.91. The van der Waals surface area contributed by atoms with E-state index in [1.807, 2.05) is 0 Å². The molecule has 0 spiro atoms. The second-order valence-corrected chi connectivity index (χ2v) is 5.53. The van der Waals surface area contributed by atoms with E-state index in [-0.39, 0.29) is 18.2 Å². The van der Waals surface area contributed by atoms with Crippen LogP contribution < -0.4 is 11.1 Å². The maximum absolute atomic E-state index is 13.5. The highest BCUT2D eigenvalue weighted by molar-refractivity contribution is 5.91. The number of nitrogens with zero attached hydrogens (tertiary/aromatic N) is 1. The first-order chi connectivity index (χ1) is 10.1. The van der Waals surface area contributed by atoms with Crippen molar-refractivity contribution < 1.29 is 14.3 Å². The lowest BCUT2D eigenvalue weighted by molar-refractivity contribution is -0.116. The molecular weight excluding hydrogens is 273 g/mol. The van der Waals surface area contributed by atoms with Crippen LogP contribution in [0.3, 0.4) is 0 Å². The maximum Gasteiger partial charge on any atom is 0.224 e. The number of likely N-dealkylation sites (tertiary alicyclic amines) is 1. The number of carbonyl (C=O) groups is 1. The Bertz CT molecular complexity index is 496. The zero-order valence-electron chi connectivity index (χ0n) is 12.0. The van der Waals surface area contributed by atoms with Gasteiger partial charge in [-0.25, -0.2) is 4.39 Å². The molecule has 1 heterocycles. The van der Waals surface area contributed by atoms with E-state index < -0.39 is 5.82 Å². The minimum Gasteiger partial charge on any atom is -0.399 e. The van der Waals surface area contributed by atoms with Crippen LogP contribution in [0.15, 0.2) is 18.2 Å². The average molecular weight is 295 g/mol. The minimum absolute atomic E-state index is 0.126. The van der Waals surface area contributed by atoms with Gasteiger partial charge in [0.15, 0.2) is 0 Å². The van der Waals surface area contributed by atoms with Crippen LogP contribution >= 0.6 is 0 Å². The highest BCUT2D eigenvalue weighted by Gasteiger charge is 2.21. The van der Waals surface area contributed by atoms with E-state index in [0.717, 1.165) is 26.1 Å². The van der Waals surface area contributed by atoms with Gasteiger partial charge in [-0.1, -0.05) is 0 Å². The lowest BCUT2D eigenvalue weighted by atomic mass is 10.1. The second-order valence-electron chi connectivity index (χ2n) is 5.53. The Morgan fingerprint density at radius 3 is 3.05 bits per heavy atom. The van der Waals surface area contributed by atoms with Gasteiger partial charge in [0.05, 0.1) is 5.69 Å². The first-order valence-electron chi connectivity index (χ1n) is 7.26. The number of amides is 1. The number of hydrogen-bond acceptors (Lipinski definition) is 4. The number of rotatable bonds is 6. The number of anilines is 2. The van der Waals surface area contributed by atoms with Crippen LogP contribution in [0.2, 0.25) is 0 Å². The van der Waals surface area contributed by atoms with Gasteiger partial charge in [0, 0.05) is 25.3 Å². The van der Waals surface area contributed by atoms with Crippen molar-refractivity contribution in [3.8, 4) is 0 Å². The molecular formula is C15H22FN3O2. The molecule has 1 amide bonds. The topological polar surface area (TPSA) is 78.6 Å². The maximum atomic E-state index is 13.5. The molecule has 1 fully saturated rings. The molecule has 1 unspecified atom stereocenters. The van der Waals surface area contributed by atoms with Crippen molar-refractivity contribution in [2.75, 3.05) is 37.3 Å². The zero-order chi connectivity index (χ0) is 15.2. The summed E-state index contributed by atoms with van der Waals surface area (Å²) < 4.78 is 13.5. The van der Waals surface area contributed by atoms with E-state index in [4.69, 9.17) is 10.8 Å². The van der Waals surface area contributed by atoms with Gasteiger partial charge in [-0.05, 0) is 50.0 Å². The fourth-order valence-corrected chi connectivity index (χ4v) is 2.58. The average Bonchev–Trinajstić information content (AvgIpc) is 2.91. The first-order valence-corrected chi connectivity index (χ1v) is 7.26. The third kappa shape index (κ3) is 4.68. The Labute approximate surface area is 123 Å². The molecule has 1 aromatic carbocycles. The highest BCUT2D eigenvalue weighted by Crippen LogP contribution is 2.18. The number of carbonyl (C=O) groups excluding carboxylic acids is 1. The molecule has 1 aromatic rings. The summed E-state index contributed by atoms with van der Waals surface area (Å²) in [5.74, 6) is -0.333. The van der Waals surface area contributed by atoms with E-state index in [1.165, 1.54) is 18.2 Å². The second kappa shape index (κ2) is 7.38. The van der Waals surface area contributed by atoms with E-state index >= 15 is 0 Å². The van der Waals surface area contributed by atoms with Crippen molar-refractivity contribution in [2.45, 2.75) is 19.3 Å². The van der Waals surface area contributed by atoms with Crippen molar-refractivity contribution >= 4 is 17.3 Å². The molecule has 0 aliphatic carbocycles. The van der Waals surface area contributed by atoms with Crippen LogP contribution in [0, 0.1) is 11.7 Å². The number of nitrogens with two attached hydrogens (primary N) is 1. The molecule has 1 aliphatic heterocycles.